The van der Waals surface area contributed by atoms with Crippen LogP contribution in [0.15, 0.2) is 24.3 Å². The number of aryl methyl sites for hydroxylation is 2. The Morgan fingerprint density at radius 3 is 2.76 bits per heavy atom. The van der Waals surface area contributed by atoms with Gasteiger partial charge in [0.2, 0.25) is 11.8 Å². The van der Waals surface area contributed by atoms with Crippen molar-refractivity contribution in [3.63, 3.8) is 0 Å². The van der Waals surface area contributed by atoms with E-state index in [0.717, 1.165) is 29.0 Å². The van der Waals surface area contributed by atoms with Crippen LogP contribution in [0.4, 0.5) is 5.13 Å². The van der Waals surface area contributed by atoms with Gasteiger partial charge in [-0.3, -0.25) is 9.59 Å². The molecule has 1 aliphatic heterocycles. The minimum absolute atomic E-state index is 0.0938. The number of rotatable bonds is 7. The third-order valence-electron chi connectivity index (χ3n) is 5.51. The first kappa shape index (κ1) is 21.3. The first-order valence-corrected chi connectivity index (χ1v) is 10.9. The summed E-state index contributed by atoms with van der Waals surface area (Å²) in [6, 6.07) is 7.33. The van der Waals surface area contributed by atoms with Crippen molar-refractivity contribution in [3.8, 4) is 5.75 Å². The summed E-state index contributed by atoms with van der Waals surface area (Å²) >= 11 is 1.48. The highest BCUT2D eigenvalue weighted by Crippen LogP contribution is 2.41. The Morgan fingerprint density at radius 1 is 1.34 bits per heavy atom. The zero-order chi connectivity index (χ0) is 21.0. The molecule has 0 spiro atoms. The van der Waals surface area contributed by atoms with Crippen molar-refractivity contribution in [1.29, 1.82) is 0 Å². The molecule has 1 fully saturated rings. The topological polar surface area (TPSA) is 71.5 Å². The van der Waals surface area contributed by atoms with Crippen molar-refractivity contribution >= 4 is 28.3 Å². The number of amides is 2. The maximum Gasteiger partial charge on any atom is 0.231 e. The molecule has 0 saturated carbocycles. The Bertz CT molecular complexity index is 860. The SMILES string of the molecule is CCCCN1C(=O)CC[C@H](C(=O)Nc2nc(C)c(C)s2)[C@H]1c1ccccc1OC. The van der Waals surface area contributed by atoms with Crippen molar-refractivity contribution in [1.82, 2.24) is 9.88 Å². The van der Waals surface area contributed by atoms with E-state index in [-0.39, 0.29) is 23.8 Å². The second-order valence-corrected chi connectivity index (χ2v) is 8.63. The smallest absolute Gasteiger partial charge is 0.231 e. The molecule has 1 aromatic carbocycles. The molecular weight excluding hydrogens is 386 g/mol. The molecular formula is C22H29N3O3S. The molecule has 1 aliphatic rings. The number of likely N-dealkylation sites (tertiary alicyclic amines) is 1. The Balaban J connectivity index is 1.95. The van der Waals surface area contributed by atoms with Crippen molar-refractivity contribution in [2.45, 2.75) is 52.5 Å². The third kappa shape index (κ3) is 4.61. The van der Waals surface area contributed by atoms with Crippen LogP contribution in [0, 0.1) is 19.8 Å². The molecule has 7 heteroatoms. The maximum atomic E-state index is 13.3. The van der Waals surface area contributed by atoms with E-state index >= 15 is 0 Å². The van der Waals surface area contributed by atoms with Gasteiger partial charge in [-0.1, -0.05) is 31.5 Å². The summed E-state index contributed by atoms with van der Waals surface area (Å²) in [5.41, 5.74) is 1.81. The number of benzene rings is 1. The van der Waals surface area contributed by atoms with Crippen molar-refractivity contribution < 1.29 is 14.3 Å². The molecule has 2 amide bonds. The fourth-order valence-electron chi connectivity index (χ4n) is 3.84. The summed E-state index contributed by atoms with van der Waals surface area (Å²) in [7, 11) is 1.62. The zero-order valence-electron chi connectivity index (χ0n) is 17.5. The molecule has 2 aromatic rings. The number of unbranched alkanes of at least 4 members (excludes halogenated alkanes) is 1. The van der Waals surface area contributed by atoms with Gasteiger partial charge < -0.3 is 15.0 Å². The first-order valence-electron chi connectivity index (χ1n) is 10.1. The van der Waals surface area contributed by atoms with E-state index in [2.05, 4.69) is 17.2 Å². The van der Waals surface area contributed by atoms with Gasteiger partial charge in [-0.05, 0) is 32.8 Å². The molecule has 0 bridgehead atoms. The van der Waals surface area contributed by atoms with Crippen LogP contribution < -0.4 is 10.1 Å². The average molecular weight is 416 g/mol. The summed E-state index contributed by atoms with van der Waals surface area (Å²) in [4.78, 5) is 33.5. The fourth-order valence-corrected chi connectivity index (χ4v) is 4.66. The van der Waals surface area contributed by atoms with Crippen LogP contribution in [0.1, 0.15) is 54.8 Å². The van der Waals surface area contributed by atoms with Crippen LogP contribution in [0.3, 0.4) is 0 Å². The van der Waals surface area contributed by atoms with Crippen molar-refractivity contribution in [2.24, 2.45) is 5.92 Å². The summed E-state index contributed by atoms with van der Waals surface area (Å²) in [5, 5.41) is 3.60. The number of thiazole rings is 1. The molecule has 156 valence electrons. The van der Waals surface area contributed by atoms with E-state index < -0.39 is 0 Å². The largest absolute Gasteiger partial charge is 0.496 e. The van der Waals surface area contributed by atoms with E-state index in [0.29, 0.717) is 30.3 Å². The van der Waals surface area contributed by atoms with E-state index in [1.54, 1.807) is 7.11 Å². The van der Waals surface area contributed by atoms with Crippen molar-refractivity contribution in [2.75, 3.05) is 19.0 Å². The molecule has 29 heavy (non-hydrogen) atoms. The van der Waals surface area contributed by atoms with Gasteiger partial charge in [0.1, 0.15) is 5.75 Å². The highest BCUT2D eigenvalue weighted by atomic mass is 32.1. The molecule has 6 nitrogen and oxygen atoms in total. The molecule has 3 rings (SSSR count). The summed E-state index contributed by atoms with van der Waals surface area (Å²) in [6.45, 7) is 6.66. The summed E-state index contributed by atoms with van der Waals surface area (Å²) in [5.74, 6) is 0.348. The number of hydrogen-bond acceptors (Lipinski definition) is 5. The molecule has 2 heterocycles. The number of carbonyl (C=O) groups excluding carboxylic acids is 2. The van der Waals surface area contributed by atoms with Gasteiger partial charge in [0.15, 0.2) is 5.13 Å². The van der Waals surface area contributed by atoms with Crippen molar-refractivity contribution in [3.05, 3.63) is 40.4 Å². The Hall–Kier alpha value is -2.41. The molecule has 2 atom stereocenters. The minimum atomic E-state index is -0.356. The molecule has 0 radical (unpaired) electrons. The second-order valence-electron chi connectivity index (χ2n) is 7.42. The number of ether oxygens (including phenoxy) is 1. The van der Waals surface area contributed by atoms with Crippen LogP contribution in [0.2, 0.25) is 0 Å². The van der Waals surface area contributed by atoms with Crippen LogP contribution >= 0.6 is 11.3 Å². The monoisotopic (exact) mass is 415 g/mol. The minimum Gasteiger partial charge on any atom is -0.496 e. The van der Waals surface area contributed by atoms with E-state index in [4.69, 9.17) is 4.74 Å². The van der Waals surface area contributed by atoms with Gasteiger partial charge in [0.05, 0.1) is 24.8 Å². The summed E-state index contributed by atoms with van der Waals surface area (Å²) in [6.07, 6.45) is 2.77. The predicted octanol–water partition coefficient (Wildman–Crippen LogP) is 4.49. The number of nitrogens with one attached hydrogen (secondary N) is 1. The number of piperidine rings is 1. The number of nitrogens with zero attached hydrogens (tertiary/aromatic N) is 2. The van der Waals surface area contributed by atoms with E-state index in [1.165, 1.54) is 11.3 Å². The Labute approximate surface area is 176 Å². The Kier molecular flexibility index (Phi) is 6.90. The number of carbonyl (C=O) groups is 2. The second kappa shape index (κ2) is 9.39. The number of hydrogen-bond donors (Lipinski definition) is 1. The highest BCUT2D eigenvalue weighted by molar-refractivity contribution is 7.15. The molecule has 1 aromatic heterocycles. The lowest BCUT2D eigenvalue weighted by atomic mass is 9.83. The lowest BCUT2D eigenvalue weighted by molar-refractivity contribution is -0.142. The molecule has 0 aliphatic carbocycles. The standard InChI is InChI=1S/C22H29N3O3S/c1-5-6-13-25-19(26)12-11-17(20(25)16-9-7-8-10-18(16)28-4)21(27)24-22-23-14(2)15(3)29-22/h7-10,17,20H,5-6,11-13H2,1-4H3,(H,23,24,27)/t17-,20+/m0/s1. The third-order valence-corrected chi connectivity index (χ3v) is 6.50. The number of anilines is 1. The molecule has 1 N–H and O–H groups in total. The first-order chi connectivity index (χ1) is 14.0. The van der Waals surface area contributed by atoms with Gasteiger partial charge in [-0.25, -0.2) is 4.98 Å². The lowest BCUT2D eigenvalue weighted by Crippen LogP contribution is -2.47. The lowest BCUT2D eigenvalue weighted by Gasteiger charge is -2.41. The van der Waals surface area contributed by atoms with Crippen LogP contribution in [-0.4, -0.2) is 35.4 Å². The fraction of sp³-hybridized carbons (Fsp3) is 0.500. The highest BCUT2D eigenvalue weighted by Gasteiger charge is 2.41. The number of aromatic nitrogens is 1. The predicted molar refractivity (Wildman–Crippen MR) is 115 cm³/mol. The maximum absolute atomic E-state index is 13.3. The van der Waals surface area contributed by atoms with Gasteiger partial charge in [-0.2, -0.15) is 0 Å². The van der Waals surface area contributed by atoms with Gasteiger partial charge >= 0.3 is 0 Å². The van der Waals surface area contributed by atoms with E-state index in [1.807, 2.05) is 43.0 Å². The van der Waals surface area contributed by atoms with Crippen LogP contribution in [-0.2, 0) is 9.59 Å². The Morgan fingerprint density at radius 2 is 2.10 bits per heavy atom. The molecule has 1 saturated heterocycles. The molecule has 0 unspecified atom stereocenters. The van der Waals surface area contributed by atoms with Gasteiger partial charge in [-0.15, -0.1) is 11.3 Å². The van der Waals surface area contributed by atoms with Gasteiger partial charge in [0, 0.05) is 23.4 Å². The average Bonchev–Trinajstić information content (AvgIpc) is 3.03. The van der Waals surface area contributed by atoms with Crippen LogP contribution in [0.25, 0.3) is 0 Å². The number of methoxy groups -OCH3 is 1. The van der Waals surface area contributed by atoms with Crippen LogP contribution in [0.5, 0.6) is 5.75 Å². The normalized spacial score (nSPS) is 19.3. The number of para-hydroxylation sites is 1. The van der Waals surface area contributed by atoms with Gasteiger partial charge in [0.25, 0.3) is 0 Å². The zero-order valence-corrected chi connectivity index (χ0v) is 18.3. The summed E-state index contributed by atoms with van der Waals surface area (Å²) < 4.78 is 5.57. The van der Waals surface area contributed by atoms with E-state index in [9.17, 15) is 9.59 Å². The quantitative estimate of drug-likeness (QED) is 0.723.